The van der Waals surface area contributed by atoms with Crippen molar-refractivity contribution in [1.29, 1.82) is 0 Å². The van der Waals surface area contributed by atoms with Gasteiger partial charge in [-0.1, -0.05) is 29.8 Å². The lowest BCUT2D eigenvalue weighted by molar-refractivity contribution is 0.0929. The van der Waals surface area contributed by atoms with Crippen LogP contribution < -0.4 is 10.3 Å². The van der Waals surface area contributed by atoms with Crippen molar-refractivity contribution in [2.24, 2.45) is 13.0 Å². The van der Waals surface area contributed by atoms with E-state index in [9.17, 15) is 9.59 Å². The number of carbonyl (C=O) groups is 1. The van der Waals surface area contributed by atoms with E-state index in [-0.39, 0.29) is 23.2 Å². The first-order valence-electron chi connectivity index (χ1n) is 9.36. The molecule has 2 aliphatic rings. The standard InChI is InChI=1S/C23H19BN2O2/c1-12-4-6-14-18(8-12)25(2)20-10-17-21(11-16(20)22(14)27)26(3)19-9-13(24)5-7-15(19)23(17)28/h4-11,15,19H,1-3H3. The molecule has 0 saturated heterocycles. The molecule has 1 aliphatic heterocycles. The minimum absolute atomic E-state index is 0.00697. The lowest BCUT2D eigenvalue weighted by atomic mass is 9.77. The maximum atomic E-state index is 13.2. The average molecular weight is 366 g/mol. The predicted octanol–water partition coefficient (Wildman–Crippen LogP) is 3.24. The fourth-order valence-electron chi connectivity index (χ4n) is 4.53. The van der Waals surface area contributed by atoms with Crippen molar-refractivity contribution in [2.45, 2.75) is 13.0 Å². The number of pyridine rings is 1. The molecule has 0 bridgehead atoms. The first kappa shape index (κ1) is 17.1. The van der Waals surface area contributed by atoms with Crippen molar-refractivity contribution in [1.82, 2.24) is 4.57 Å². The van der Waals surface area contributed by atoms with Crippen LogP contribution in [0.2, 0.25) is 0 Å². The quantitative estimate of drug-likeness (QED) is 0.453. The maximum Gasteiger partial charge on any atom is 0.197 e. The number of fused-ring (bicyclic) bond motifs is 4. The molecule has 0 spiro atoms. The van der Waals surface area contributed by atoms with E-state index >= 15 is 0 Å². The molecule has 2 unspecified atom stereocenters. The van der Waals surface area contributed by atoms with Crippen LogP contribution in [0, 0.1) is 12.8 Å². The number of hydrogen-bond donors (Lipinski definition) is 0. The number of Topliss-reactive ketones (excluding diaryl/α,β-unsaturated/α-hetero) is 1. The molecule has 136 valence electrons. The zero-order valence-corrected chi connectivity index (χ0v) is 16.1. The van der Waals surface area contributed by atoms with Crippen LogP contribution in [0.3, 0.4) is 0 Å². The summed E-state index contributed by atoms with van der Waals surface area (Å²) in [7, 11) is 9.86. The minimum Gasteiger partial charge on any atom is -0.366 e. The first-order valence-corrected chi connectivity index (χ1v) is 9.36. The third-order valence-electron chi connectivity index (χ3n) is 6.10. The molecule has 3 aromatic rings. The number of hydrogen-bond acceptors (Lipinski definition) is 3. The minimum atomic E-state index is -0.262. The summed E-state index contributed by atoms with van der Waals surface area (Å²) in [6, 6.07) is 9.45. The van der Waals surface area contributed by atoms with Gasteiger partial charge < -0.3 is 9.47 Å². The molecular weight excluding hydrogens is 347 g/mol. The molecule has 5 rings (SSSR count). The zero-order valence-electron chi connectivity index (χ0n) is 16.1. The van der Waals surface area contributed by atoms with Gasteiger partial charge in [-0.05, 0) is 36.8 Å². The van der Waals surface area contributed by atoms with Gasteiger partial charge in [0.05, 0.1) is 23.0 Å². The molecule has 1 aromatic heterocycles. The molecular formula is C23H19BN2O2. The van der Waals surface area contributed by atoms with E-state index in [1.54, 1.807) is 6.08 Å². The summed E-state index contributed by atoms with van der Waals surface area (Å²) < 4.78 is 2.01. The van der Waals surface area contributed by atoms with Gasteiger partial charge in [0.2, 0.25) is 0 Å². The number of nitrogens with zero attached hydrogens (tertiary/aromatic N) is 2. The normalized spacial score (nSPS) is 21.0. The van der Waals surface area contributed by atoms with E-state index in [0.29, 0.717) is 21.8 Å². The van der Waals surface area contributed by atoms with Gasteiger partial charge in [0.1, 0.15) is 7.85 Å². The molecule has 4 nitrogen and oxygen atoms in total. The Labute approximate surface area is 164 Å². The second-order valence-electron chi connectivity index (χ2n) is 7.81. The number of carbonyl (C=O) groups excluding carboxylic acids is 1. The van der Waals surface area contributed by atoms with Gasteiger partial charge in [0.25, 0.3) is 0 Å². The molecule has 2 radical (unpaired) electrons. The number of benzene rings is 2. The van der Waals surface area contributed by atoms with Crippen LogP contribution in [0.4, 0.5) is 5.69 Å². The summed E-state index contributed by atoms with van der Waals surface area (Å²) >= 11 is 0. The van der Waals surface area contributed by atoms with E-state index in [1.807, 2.05) is 68.1 Å². The Kier molecular flexibility index (Phi) is 3.48. The van der Waals surface area contributed by atoms with Crippen LogP contribution in [-0.2, 0) is 7.05 Å². The second kappa shape index (κ2) is 5.71. The van der Waals surface area contributed by atoms with Gasteiger partial charge in [0, 0.05) is 36.1 Å². The van der Waals surface area contributed by atoms with Crippen molar-refractivity contribution in [3.05, 3.63) is 75.4 Å². The van der Waals surface area contributed by atoms with Crippen molar-refractivity contribution in [3.63, 3.8) is 0 Å². The Morgan fingerprint density at radius 2 is 1.75 bits per heavy atom. The number of allylic oxidation sites excluding steroid dienone is 2. The van der Waals surface area contributed by atoms with Crippen LogP contribution >= 0.6 is 0 Å². The molecule has 0 N–H and O–H groups in total. The SMILES string of the molecule is [B]C1=CC2C(C=C1)C(=O)c1cc3c(cc1N2C)c(=O)c1ccc(C)cc1n3C. The summed E-state index contributed by atoms with van der Waals surface area (Å²) in [6.07, 6.45) is 5.59. The van der Waals surface area contributed by atoms with Crippen molar-refractivity contribution in [3.8, 4) is 0 Å². The Morgan fingerprint density at radius 3 is 2.54 bits per heavy atom. The summed E-state index contributed by atoms with van der Waals surface area (Å²) in [5, 5.41) is 1.31. The van der Waals surface area contributed by atoms with Crippen molar-refractivity contribution in [2.75, 3.05) is 11.9 Å². The van der Waals surface area contributed by atoms with E-state index in [2.05, 4.69) is 4.90 Å². The highest BCUT2D eigenvalue weighted by Crippen LogP contribution is 2.38. The first-order chi connectivity index (χ1) is 13.4. The number of aryl methyl sites for hydroxylation is 2. The summed E-state index contributed by atoms with van der Waals surface area (Å²) in [6.45, 7) is 2.01. The molecule has 0 fully saturated rings. The van der Waals surface area contributed by atoms with Crippen LogP contribution in [0.1, 0.15) is 15.9 Å². The molecule has 2 heterocycles. The van der Waals surface area contributed by atoms with Gasteiger partial charge in [-0.15, -0.1) is 0 Å². The van der Waals surface area contributed by atoms with Gasteiger partial charge >= 0.3 is 0 Å². The lowest BCUT2D eigenvalue weighted by Gasteiger charge is -2.40. The molecule has 0 saturated carbocycles. The smallest absolute Gasteiger partial charge is 0.197 e. The van der Waals surface area contributed by atoms with Gasteiger partial charge in [-0.25, -0.2) is 0 Å². The monoisotopic (exact) mass is 366 g/mol. The fourth-order valence-corrected chi connectivity index (χ4v) is 4.53. The zero-order chi connectivity index (χ0) is 19.7. The van der Waals surface area contributed by atoms with Gasteiger partial charge in [0.15, 0.2) is 11.2 Å². The Morgan fingerprint density at radius 1 is 1.00 bits per heavy atom. The highest BCUT2D eigenvalue weighted by atomic mass is 16.1. The maximum absolute atomic E-state index is 13.2. The van der Waals surface area contributed by atoms with Crippen LogP contribution in [0.25, 0.3) is 21.8 Å². The fraction of sp³-hybridized carbons (Fsp3) is 0.217. The van der Waals surface area contributed by atoms with Gasteiger partial charge in [-0.2, -0.15) is 0 Å². The summed E-state index contributed by atoms with van der Waals surface area (Å²) in [4.78, 5) is 28.5. The van der Waals surface area contributed by atoms with E-state index < -0.39 is 0 Å². The average Bonchev–Trinajstić information content (AvgIpc) is 2.69. The largest absolute Gasteiger partial charge is 0.366 e. The van der Waals surface area contributed by atoms with E-state index in [0.717, 1.165) is 22.3 Å². The number of aromatic nitrogens is 1. The Bertz CT molecular complexity index is 1320. The highest BCUT2D eigenvalue weighted by molar-refractivity contribution is 6.24. The molecule has 2 atom stereocenters. The molecule has 0 amide bonds. The molecule has 5 heteroatoms. The van der Waals surface area contributed by atoms with Crippen molar-refractivity contribution < 1.29 is 4.79 Å². The second-order valence-corrected chi connectivity index (χ2v) is 7.81. The third kappa shape index (κ3) is 2.19. The van der Waals surface area contributed by atoms with E-state index in [1.165, 1.54) is 0 Å². The molecule has 1 aliphatic carbocycles. The van der Waals surface area contributed by atoms with E-state index in [4.69, 9.17) is 7.85 Å². The lowest BCUT2D eigenvalue weighted by Crippen LogP contribution is -2.45. The molecule has 28 heavy (non-hydrogen) atoms. The topological polar surface area (TPSA) is 42.3 Å². The third-order valence-corrected chi connectivity index (χ3v) is 6.10. The van der Waals surface area contributed by atoms with Crippen LogP contribution in [0.15, 0.2) is 58.8 Å². The van der Waals surface area contributed by atoms with Crippen molar-refractivity contribution >= 4 is 41.1 Å². The number of anilines is 1. The van der Waals surface area contributed by atoms with Crippen LogP contribution in [0.5, 0.6) is 0 Å². The number of likely N-dealkylation sites (N-methyl/N-ethyl adjacent to an activating group) is 1. The molecule has 2 aromatic carbocycles. The highest BCUT2D eigenvalue weighted by Gasteiger charge is 2.37. The number of ketones is 1. The summed E-state index contributed by atoms with van der Waals surface area (Å²) in [5.41, 5.74) is 4.82. The van der Waals surface area contributed by atoms with Crippen LogP contribution in [-0.4, -0.2) is 31.3 Å². The summed E-state index contributed by atoms with van der Waals surface area (Å²) in [5.74, 6) is -0.196. The Balaban J connectivity index is 1.86. The van der Waals surface area contributed by atoms with Gasteiger partial charge in [-0.3, -0.25) is 9.59 Å². The Hall–Kier alpha value is -3.08. The predicted molar refractivity (Wildman–Crippen MR) is 114 cm³/mol. The number of rotatable bonds is 0.